The van der Waals surface area contributed by atoms with Crippen molar-refractivity contribution in [3.63, 3.8) is 0 Å². The molecule has 2 aromatic rings. The smallest absolute Gasteiger partial charge is 0.201 e. The minimum absolute atomic E-state index is 0.121. The van der Waals surface area contributed by atoms with Crippen LogP contribution in [0.4, 0.5) is 5.95 Å². The first-order valence-corrected chi connectivity index (χ1v) is 6.00. The van der Waals surface area contributed by atoms with Gasteiger partial charge in [-0.3, -0.25) is 0 Å². The minimum Gasteiger partial charge on any atom is -0.376 e. The average Bonchev–Trinajstić information content (AvgIpc) is 2.90. The lowest BCUT2D eigenvalue weighted by Crippen LogP contribution is -2.18. The van der Waals surface area contributed by atoms with Crippen molar-refractivity contribution in [2.45, 2.75) is 25.5 Å². The summed E-state index contributed by atoms with van der Waals surface area (Å²) in [7, 11) is 0. The zero-order chi connectivity index (χ0) is 12.7. The highest BCUT2D eigenvalue weighted by atomic mass is 16.5. The van der Waals surface area contributed by atoms with E-state index in [1.807, 2.05) is 23.6 Å². The van der Waals surface area contributed by atoms with Gasteiger partial charge in [-0.15, -0.1) is 0 Å². The van der Waals surface area contributed by atoms with Crippen LogP contribution in [0, 0.1) is 11.3 Å². The van der Waals surface area contributed by atoms with Crippen LogP contribution in [0.2, 0.25) is 0 Å². The van der Waals surface area contributed by atoms with Gasteiger partial charge in [-0.2, -0.15) is 5.26 Å². The largest absolute Gasteiger partial charge is 0.376 e. The number of nitrogens with two attached hydrogens (primary N) is 1. The molecule has 5 nitrogen and oxygen atoms in total. The molecule has 0 saturated carbocycles. The summed E-state index contributed by atoms with van der Waals surface area (Å²) in [6.45, 7) is 2.78. The van der Waals surface area contributed by atoms with E-state index in [-0.39, 0.29) is 12.1 Å². The van der Waals surface area contributed by atoms with Gasteiger partial charge >= 0.3 is 0 Å². The Morgan fingerprint density at radius 2 is 2.39 bits per heavy atom. The highest BCUT2D eigenvalue weighted by Crippen LogP contribution is 2.32. The SMILES string of the molecule is CC1OCCC1n1c(N)nc2ccc(C#N)cc21. The first-order chi connectivity index (χ1) is 8.70. The van der Waals surface area contributed by atoms with E-state index in [1.54, 1.807) is 6.07 Å². The Morgan fingerprint density at radius 1 is 1.56 bits per heavy atom. The van der Waals surface area contributed by atoms with Crippen LogP contribution in [0.15, 0.2) is 18.2 Å². The summed E-state index contributed by atoms with van der Waals surface area (Å²) in [5, 5.41) is 8.98. The summed E-state index contributed by atoms with van der Waals surface area (Å²) in [5.74, 6) is 0.488. The molecule has 3 rings (SSSR count). The molecule has 0 amide bonds. The van der Waals surface area contributed by atoms with Crippen molar-refractivity contribution in [3.05, 3.63) is 23.8 Å². The molecule has 1 aromatic carbocycles. The summed E-state index contributed by atoms with van der Waals surface area (Å²) >= 11 is 0. The summed E-state index contributed by atoms with van der Waals surface area (Å²) in [6, 6.07) is 7.77. The van der Waals surface area contributed by atoms with Gasteiger partial charge in [0.1, 0.15) is 0 Å². The number of nitrogens with zero attached hydrogens (tertiary/aromatic N) is 3. The van der Waals surface area contributed by atoms with E-state index in [0.29, 0.717) is 11.5 Å². The van der Waals surface area contributed by atoms with E-state index >= 15 is 0 Å². The van der Waals surface area contributed by atoms with Gasteiger partial charge in [0.15, 0.2) is 0 Å². The number of nitriles is 1. The van der Waals surface area contributed by atoms with Crippen molar-refractivity contribution in [2.24, 2.45) is 0 Å². The van der Waals surface area contributed by atoms with Gasteiger partial charge in [0.05, 0.1) is 34.8 Å². The van der Waals surface area contributed by atoms with Crippen LogP contribution in [0.25, 0.3) is 11.0 Å². The van der Waals surface area contributed by atoms with E-state index in [1.165, 1.54) is 0 Å². The Hall–Kier alpha value is -2.06. The number of aromatic nitrogens is 2. The molecular formula is C13H14N4O. The number of nitrogen functional groups attached to an aromatic ring is 1. The summed E-state index contributed by atoms with van der Waals surface area (Å²) in [4.78, 5) is 4.34. The minimum atomic E-state index is 0.121. The molecule has 2 unspecified atom stereocenters. The van der Waals surface area contributed by atoms with E-state index in [4.69, 9.17) is 15.7 Å². The maximum atomic E-state index is 8.98. The molecule has 92 valence electrons. The number of rotatable bonds is 1. The Kier molecular flexibility index (Phi) is 2.46. The quantitative estimate of drug-likeness (QED) is 0.827. The molecule has 18 heavy (non-hydrogen) atoms. The second kappa shape index (κ2) is 4.00. The van der Waals surface area contributed by atoms with Crippen molar-refractivity contribution in [1.82, 2.24) is 9.55 Å². The number of hydrogen-bond acceptors (Lipinski definition) is 4. The van der Waals surface area contributed by atoms with Gasteiger partial charge in [0.25, 0.3) is 0 Å². The third-order valence-electron chi connectivity index (χ3n) is 3.51. The summed E-state index contributed by atoms with van der Waals surface area (Å²) in [6.07, 6.45) is 1.04. The zero-order valence-electron chi connectivity index (χ0n) is 10.1. The number of imidazole rings is 1. The number of benzene rings is 1. The predicted molar refractivity (Wildman–Crippen MR) is 67.9 cm³/mol. The molecule has 1 fully saturated rings. The number of hydrogen-bond donors (Lipinski definition) is 1. The van der Waals surface area contributed by atoms with Crippen LogP contribution in [0.3, 0.4) is 0 Å². The molecule has 1 saturated heterocycles. The highest BCUT2D eigenvalue weighted by Gasteiger charge is 2.28. The summed E-state index contributed by atoms with van der Waals surface area (Å²) < 4.78 is 7.57. The van der Waals surface area contributed by atoms with E-state index in [0.717, 1.165) is 24.1 Å². The van der Waals surface area contributed by atoms with Gasteiger partial charge in [0.2, 0.25) is 5.95 Å². The molecule has 2 N–H and O–H groups in total. The molecule has 1 aliphatic rings. The lowest BCUT2D eigenvalue weighted by molar-refractivity contribution is 0.109. The zero-order valence-corrected chi connectivity index (χ0v) is 10.1. The van der Waals surface area contributed by atoms with E-state index < -0.39 is 0 Å². The van der Waals surface area contributed by atoms with Crippen LogP contribution in [-0.2, 0) is 4.74 Å². The second-order valence-corrected chi connectivity index (χ2v) is 4.59. The fourth-order valence-corrected chi connectivity index (χ4v) is 2.59. The van der Waals surface area contributed by atoms with Crippen LogP contribution in [0.1, 0.15) is 24.9 Å². The van der Waals surface area contributed by atoms with Gasteiger partial charge in [0, 0.05) is 6.61 Å². The van der Waals surface area contributed by atoms with Gasteiger partial charge in [-0.05, 0) is 31.5 Å². The molecule has 5 heteroatoms. The number of ether oxygens (including phenoxy) is 1. The standard InChI is InChI=1S/C13H14N4O/c1-8-11(4-5-18-8)17-12-6-9(7-14)2-3-10(12)16-13(17)15/h2-3,6,8,11H,4-5H2,1H3,(H2,15,16). The topological polar surface area (TPSA) is 76.9 Å². The van der Waals surface area contributed by atoms with Crippen molar-refractivity contribution >= 4 is 17.0 Å². The average molecular weight is 242 g/mol. The third-order valence-corrected chi connectivity index (χ3v) is 3.51. The Balaban J connectivity index is 2.21. The molecular weight excluding hydrogens is 228 g/mol. The second-order valence-electron chi connectivity index (χ2n) is 4.59. The molecule has 2 heterocycles. The van der Waals surface area contributed by atoms with E-state index in [9.17, 15) is 0 Å². The molecule has 0 spiro atoms. The Bertz CT molecular complexity index is 640. The van der Waals surface area contributed by atoms with Crippen LogP contribution >= 0.6 is 0 Å². The van der Waals surface area contributed by atoms with Crippen molar-refractivity contribution in [3.8, 4) is 6.07 Å². The Morgan fingerprint density at radius 3 is 3.06 bits per heavy atom. The summed E-state index contributed by atoms with van der Waals surface area (Å²) in [5.41, 5.74) is 8.36. The molecule has 0 aliphatic carbocycles. The van der Waals surface area contributed by atoms with Gasteiger partial charge < -0.3 is 15.0 Å². The van der Waals surface area contributed by atoms with E-state index in [2.05, 4.69) is 11.1 Å². The molecule has 1 aliphatic heterocycles. The van der Waals surface area contributed by atoms with Gasteiger partial charge in [-0.25, -0.2) is 4.98 Å². The lowest BCUT2D eigenvalue weighted by Gasteiger charge is -2.18. The number of fused-ring (bicyclic) bond motifs is 1. The van der Waals surface area contributed by atoms with Gasteiger partial charge in [-0.1, -0.05) is 0 Å². The predicted octanol–water partition coefficient (Wildman–Crippen LogP) is 1.84. The van der Waals surface area contributed by atoms with Crippen molar-refractivity contribution < 1.29 is 4.74 Å². The normalized spacial score (nSPS) is 23.3. The van der Waals surface area contributed by atoms with Crippen molar-refractivity contribution in [1.29, 1.82) is 5.26 Å². The third kappa shape index (κ3) is 1.54. The maximum absolute atomic E-state index is 8.98. The molecule has 2 atom stereocenters. The molecule has 0 radical (unpaired) electrons. The number of anilines is 1. The fourth-order valence-electron chi connectivity index (χ4n) is 2.59. The van der Waals surface area contributed by atoms with Crippen LogP contribution in [-0.4, -0.2) is 22.3 Å². The first-order valence-electron chi connectivity index (χ1n) is 6.00. The van der Waals surface area contributed by atoms with Crippen LogP contribution in [0.5, 0.6) is 0 Å². The fraction of sp³-hybridized carbons (Fsp3) is 0.385. The van der Waals surface area contributed by atoms with Crippen LogP contribution < -0.4 is 5.73 Å². The highest BCUT2D eigenvalue weighted by molar-refractivity contribution is 5.80. The molecule has 1 aromatic heterocycles. The maximum Gasteiger partial charge on any atom is 0.201 e. The van der Waals surface area contributed by atoms with Crippen molar-refractivity contribution in [2.75, 3.05) is 12.3 Å². The molecule has 0 bridgehead atoms. The lowest BCUT2D eigenvalue weighted by atomic mass is 10.1. The Labute approximate surface area is 105 Å². The monoisotopic (exact) mass is 242 g/mol. The first kappa shape index (κ1) is 11.1.